The maximum absolute atomic E-state index is 12.9. The highest BCUT2D eigenvalue weighted by molar-refractivity contribution is 5.78. The molecular formula is C17H23FN4O. The summed E-state index contributed by atoms with van der Waals surface area (Å²) in [6, 6.07) is 8.63. The lowest BCUT2D eigenvalue weighted by Crippen LogP contribution is -2.39. The molecule has 0 bridgehead atoms. The summed E-state index contributed by atoms with van der Waals surface area (Å²) in [4.78, 5) is 16.3. The zero-order chi connectivity index (χ0) is 16.5. The molecule has 0 aliphatic carbocycles. The molecule has 0 aromatic heterocycles. The van der Waals surface area contributed by atoms with E-state index >= 15 is 0 Å². The highest BCUT2D eigenvalue weighted by atomic mass is 19.1. The van der Waals surface area contributed by atoms with E-state index < -0.39 is 0 Å². The van der Waals surface area contributed by atoms with Gasteiger partial charge in [0.05, 0.1) is 19.0 Å². The Morgan fingerprint density at radius 2 is 1.87 bits per heavy atom. The van der Waals surface area contributed by atoms with Crippen molar-refractivity contribution in [1.29, 1.82) is 5.26 Å². The third-order valence-electron chi connectivity index (χ3n) is 3.93. The molecule has 6 heteroatoms. The van der Waals surface area contributed by atoms with E-state index in [1.54, 1.807) is 0 Å². The molecule has 0 radical (unpaired) electrons. The molecule has 1 aromatic rings. The Bertz CT molecular complexity index is 541. The molecule has 1 aliphatic rings. The first-order chi connectivity index (χ1) is 11.2. The van der Waals surface area contributed by atoms with E-state index in [4.69, 9.17) is 5.26 Å². The maximum atomic E-state index is 12.9. The highest BCUT2D eigenvalue weighted by Crippen LogP contribution is 2.10. The lowest BCUT2D eigenvalue weighted by molar-refractivity contribution is -0.122. The molecule has 2 rings (SSSR count). The molecule has 1 amide bonds. The zero-order valence-corrected chi connectivity index (χ0v) is 13.3. The Kier molecular flexibility index (Phi) is 6.98. The third-order valence-corrected chi connectivity index (χ3v) is 3.93. The molecule has 1 aromatic carbocycles. The molecule has 1 aliphatic heterocycles. The van der Waals surface area contributed by atoms with Crippen molar-refractivity contribution in [1.82, 2.24) is 15.1 Å². The maximum Gasteiger partial charge on any atom is 0.234 e. The minimum Gasteiger partial charge on any atom is -0.354 e. The number of carbonyl (C=O) groups is 1. The van der Waals surface area contributed by atoms with Gasteiger partial charge in [-0.15, -0.1) is 0 Å². The summed E-state index contributed by atoms with van der Waals surface area (Å²) in [7, 11) is 0. The number of carbonyl (C=O) groups excluding carboxylic acids is 1. The van der Waals surface area contributed by atoms with Crippen LogP contribution < -0.4 is 5.32 Å². The van der Waals surface area contributed by atoms with Crippen LogP contribution in [0.25, 0.3) is 0 Å². The Morgan fingerprint density at radius 3 is 2.61 bits per heavy atom. The van der Waals surface area contributed by atoms with Crippen LogP contribution in [0.15, 0.2) is 24.3 Å². The second-order valence-electron chi connectivity index (χ2n) is 5.79. The van der Waals surface area contributed by atoms with Crippen molar-refractivity contribution in [2.75, 3.05) is 39.3 Å². The van der Waals surface area contributed by atoms with Crippen LogP contribution in [0.1, 0.15) is 18.4 Å². The largest absolute Gasteiger partial charge is 0.354 e. The molecule has 1 saturated heterocycles. The standard InChI is InChI=1S/C17H23FN4O/c18-16-5-3-15(4-6-16)13-21-9-2-10-22(12-11-21)14-17(23)20-8-1-7-19/h3-6H,1-2,8-14H2,(H,20,23). The number of rotatable bonds is 6. The summed E-state index contributed by atoms with van der Waals surface area (Å²) in [6.45, 7) is 5.21. The van der Waals surface area contributed by atoms with Crippen LogP contribution in [0.4, 0.5) is 4.39 Å². The van der Waals surface area contributed by atoms with Crippen LogP contribution in [0.3, 0.4) is 0 Å². The Balaban J connectivity index is 1.74. The van der Waals surface area contributed by atoms with Crippen molar-refractivity contribution >= 4 is 5.91 Å². The van der Waals surface area contributed by atoms with Crippen LogP contribution in [0.2, 0.25) is 0 Å². The van der Waals surface area contributed by atoms with Gasteiger partial charge in [0.15, 0.2) is 0 Å². The van der Waals surface area contributed by atoms with Crippen molar-refractivity contribution in [3.05, 3.63) is 35.6 Å². The normalized spacial score (nSPS) is 16.5. The lowest BCUT2D eigenvalue weighted by atomic mass is 10.2. The highest BCUT2D eigenvalue weighted by Gasteiger charge is 2.17. The molecule has 0 atom stereocenters. The van der Waals surface area contributed by atoms with Gasteiger partial charge in [-0.2, -0.15) is 5.26 Å². The number of amides is 1. The fraction of sp³-hybridized carbons (Fsp3) is 0.529. The molecule has 5 nitrogen and oxygen atoms in total. The van der Waals surface area contributed by atoms with Gasteiger partial charge in [0, 0.05) is 26.2 Å². The molecule has 1 heterocycles. The fourth-order valence-electron chi connectivity index (χ4n) is 2.71. The third kappa shape index (κ3) is 6.35. The van der Waals surface area contributed by atoms with E-state index in [1.807, 2.05) is 18.2 Å². The van der Waals surface area contributed by atoms with Crippen molar-refractivity contribution in [3.63, 3.8) is 0 Å². The summed E-state index contributed by atoms with van der Waals surface area (Å²) < 4.78 is 12.9. The lowest BCUT2D eigenvalue weighted by Gasteiger charge is -2.21. The van der Waals surface area contributed by atoms with Crippen LogP contribution in [-0.4, -0.2) is 55.0 Å². The summed E-state index contributed by atoms with van der Waals surface area (Å²) >= 11 is 0. The summed E-state index contributed by atoms with van der Waals surface area (Å²) in [5.74, 6) is -0.231. The summed E-state index contributed by atoms with van der Waals surface area (Å²) in [5, 5.41) is 11.2. The first kappa shape index (κ1) is 17.4. The van der Waals surface area contributed by atoms with Gasteiger partial charge in [0.1, 0.15) is 5.82 Å². The molecule has 1 N–H and O–H groups in total. The molecule has 23 heavy (non-hydrogen) atoms. The van der Waals surface area contributed by atoms with Crippen LogP contribution in [0, 0.1) is 17.1 Å². The Hall–Kier alpha value is -1.97. The predicted octanol–water partition coefficient (Wildman–Crippen LogP) is 1.36. The average molecular weight is 318 g/mol. The van der Waals surface area contributed by atoms with Gasteiger partial charge in [-0.3, -0.25) is 14.6 Å². The number of benzene rings is 1. The van der Waals surface area contributed by atoms with Gasteiger partial charge in [-0.05, 0) is 37.2 Å². The molecule has 0 spiro atoms. The van der Waals surface area contributed by atoms with Gasteiger partial charge in [0.25, 0.3) is 0 Å². The Morgan fingerprint density at radius 1 is 1.17 bits per heavy atom. The van der Waals surface area contributed by atoms with Gasteiger partial charge < -0.3 is 5.32 Å². The van der Waals surface area contributed by atoms with Gasteiger partial charge in [0.2, 0.25) is 5.91 Å². The first-order valence-corrected chi connectivity index (χ1v) is 8.00. The van der Waals surface area contributed by atoms with Gasteiger partial charge in [-0.1, -0.05) is 12.1 Å². The minimum atomic E-state index is -0.210. The number of hydrogen-bond donors (Lipinski definition) is 1. The molecule has 0 saturated carbocycles. The average Bonchev–Trinajstić information content (AvgIpc) is 2.75. The van der Waals surface area contributed by atoms with Crippen molar-refractivity contribution in [2.45, 2.75) is 19.4 Å². The summed E-state index contributed by atoms with van der Waals surface area (Å²) in [5.41, 5.74) is 1.11. The van der Waals surface area contributed by atoms with Crippen molar-refractivity contribution < 1.29 is 9.18 Å². The topological polar surface area (TPSA) is 59.4 Å². The number of nitrogens with zero attached hydrogens (tertiary/aromatic N) is 3. The van der Waals surface area contributed by atoms with Gasteiger partial charge in [-0.25, -0.2) is 4.39 Å². The van der Waals surface area contributed by atoms with Crippen molar-refractivity contribution in [3.8, 4) is 6.07 Å². The molecule has 1 fully saturated rings. The first-order valence-electron chi connectivity index (χ1n) is 8.00. The second kappa shape index (κ2) is 9.23. The smallest absolute Gasteiger partial charge is 0.234 e. The van der Waals surface area contributed by atoms with E-state index in [1.165, 1.54) is 12.1 Å². The predicted molar refractivity (Wildman–Crippen MR) is 86.0 cm³/mol. The second-order valence-corrected chi connectivity index (χ2v) is 5.79. The fourth-order valence-corrected chi connectivity index (χ4v) is 2.71. The minimum absolute atomic E-state index is 0.0211. The molecule has 0 unspecified atom stereocenters. The van der Waals surface area contributed by atoms with E-state index in [9.17, 15) is 9.18 Å². The van der Waals surface area contributed by atoms with Crippen LogP contribution in [0.5, 0.6) is 0 Å². The Labute approximate surface area is 136 Å². The SMILES string of the molecule is N#CCCNC(=O)CN1CCCN(Cc2ccc(F)cc2)CC1. The van der Waals surface area contributed by atoms with E-state index in [0.29, 0.717) is 19.5 Å². The van der Waals surface area contributed by atoms with Gasteiger partial charge >= 0.3 is 0 Å². The van der Waals surface area contributed by atoms with Crippen molar-refractivity contribution in [2.24, 2.45) is 0 Å². The number of hydrogen-bond acceptors (Lipinski definition) is 4. The van der Waals surface area contributed by atoms with Crippen LogP contribution >= 0.6 is 0 Å². The van der Waals surface area contributed by atoms with E-state index in [2.05, 4.69) is 15.1 Å². The molecule has 124 valence electrons. The van der Waals surface area contributed by atoms with E-state index in [-0.39, 0.29) is 11.7 Å². The molecular weight excluding hydrogens is 295 g/mol. The van der Waals surface area contributed by atoms with E-state index in [0.717, 1.165) is 44.7 Å². The number of halogens is 1. The number of nitrogens with one attached hydrogen (secondary N) is 1. The summed E-state index contributed by atoms with van der Waals surface area (Å²) in [6.07, 6.45) is 1.35. The van der Waals surface area contributed by atoms with Crippen LogP contribution in [-0.2, 0) is 11.3 Å². The quantitative estimate of drug-likeness (QED) is 0.805. The zero-order valence-electron chi connectivity index (χ0n) is 13.3. The monoisotopic (exact) mass is 318 g/mol. The number of nitriles is 1.